The Kier molecular flexibility index (Phi) is 6.18. The van der Waals surface area contributed by atoms with E-state index in [0.717, 1.165) is 39.2 Å². The van der Waals surface area contributed by atoms with E-state index in [-0.39, 0.29) is 11.8 Å². The second-order valence-electron chi connectivity index (χ2n) is 8.31. The number of carbonyl (C=O) groups excluding carboxylic acids is 1. The Labute approximate surface area is 202 Å². The number of hydrogen-bond acceptors (Lipinski definition) is 3. The maximum Gasteiger partial charge on any atom is 0.227 e. The molecule has 3 aromatic carbocycles. The number of fused-ring (bicyclic) bond motifs is 1. The third kappa shape index (κ3) is 4.40. The van der Waals surface area contributed by atoms with Gasteiger partial charge >= 0.3 is 0 Å². The Hall–Kier alpha value is -3.12. The van der Waals surface area contributed by atoms with E-state index in [4.69, 9.17) is 9.72 Å². The molecule has 1 saturated heterocycles. The number of aromatic nitrogens is 2. The molecule has 1 atom stereocenters. The van der Waals surface area contributed by atoms with Crippen molar-refractivity contribution in [3.8, 4) is 5.75 Å². The van der Waals surface area contributed by atoms with Crippen molar-refractivity contribution in [3.63, 3.8) is 0 Å². The zero-order valence-corrected chi connectivity index (χ0v) is 20.2. The van der Waals surface area contributed by atoms with Crippen molar-refractivity contribution in [3.05, 3.63) is 88.7 Å². The molecule has 5 rings (SSSR count). The monoisotopic (exact) mass is 503 g/mol. The van der Waals surface area contributed by atoms with Crippen LogP contribution in [-0.4, -0.2) is 28.6 Å². The Morgan fingerprint density at radius 2 is 1.79 bits per heavy atom. The van der Waals surface area contributed by atoms with Gasteiger partial charge in [-0.2, -0.15) is 0 Å². The van der Waals surface area contributed by atoms with Crippen LogP contribution in [0.15, 0.2) is 77.3 Å². The van der Waals surface area contributed by atoms with Gasteiger partial charge < -0.3 is 14.2 Å². The first kappa shape index (κ1) is 21.7. The highest BCUT2D eigenvalue weighted by Gasteiger charge is 2.35. The lowest BCUT2D eigenvalue weighted by Gasteiger charge is -2.19. The van der Waals surface area contributed by atoms with Gasteiger partial charge in [0.1, 0.15) is 18.2 Å². The van der Waals surface area contributed by atoms with E-state index in [0.29, 0.717) is 26.1 Å². The van der Waals surface area contributed by atoms with E-state index < -0.39 is 0 Å². The summed E-state index contributed by atoms with van der Waals surface area (Å²) in [7, 11) is 0. The van der Waals surface area contributed by atoms with Crippen molar-refractivity contribution in [2.24, 2.45) is 0 Å². The second-order valence-corrected chi connectivity index (χ2v) is 9.17. The number of aryl methyl sites for hydroxylation is 1. The summed E-state index contributed by atoms with van der Waals surface area (Å²) in [6.45, 7) is 3.97. The second kappa shape index (κ2) is 9.40. The average molecular weight is 504 g/mol. The van der Waals surface area contributed by atoms with Crippen LogP contribution in [-0.2, 0) is 17.8 Å². The molecule has 0 radical (unpaired) electrons. The summed E-state index contributed by atoms with van der Waals surface area (Å²) in [5.74, 6) is 1.97. The first-order valence-electron chi connectivity index (χ1n) is 11.4. The molecular formula is C27H26BrN3O2. The molecule has 1 aromatic heterocycles. The molecule has 33 heavy (non-hydrogen) atoms. The van der Waals surface area contributed by atoms with Crippen LogP contribution in [0.2, 0.25) is 0 Å². The molecule has 1 unspecified atom stereocenters. The number of ether oxygens (including phenoxy) is 1. The lowest BCUT2D eigenvalue weighted by molar-refractivity contribution is -0.117. The molecule has 1 aliphatic rings. The van der Waals surface area contributed by atoms with Crippen LogP contribution in [0.1, 0.15) is 30.7 Å². The lowest BCUT2D eigenvalue weighted by Crippen LogP contribution is -2.25. The zero-order chi connectivity index (χ0) is 22.8. The molecule has 0 N–H and O–H groups in total. The number of imidazole rings is 1. The van der Waals surface area contributed by atoms with E-state index in [2.05, 4.69) is 45.6 Å². The van der Waals surface area contributed by atoms with Crippen LogP contribution in [0.5, 0.6) is 5.75 Å². The van der Waals surface area contributed by atoms with Gasteiger partial charge in [-0.25, -0.2) is 4.98 Å². The van der Waals surface area contributed by atoms with Gasteiger partial charge in [0.25, 0.3) is 0 Å². The minimum absolute atomic E-state index is 0.0286. The van der Waals surface area contributed by atoms with Gasteiger partial charge in [0.2, 0.25) is 5.91 Å². The molecule has 1 amide bonds. The Morgan fingerprint density at radius 1 is 1.03 bits per heavy atom. The first-order valence-corrected chi connectivity index (χ1v) is 12.1. The standard InChI is InChI=1S/C27H26BrN3O2/c1-2-19-11-13-21(14-12-19)33-16-15-30-25-10-6-4-8-23(25)29-27(30)20-17-26(32)31(18-20)24-9-5-3-7-22(24)28/h3-14,20H,2,15-18H2,1H3. The van der Waals surface area contributed by atoms with Crippen LogP contribution in [0.3, 0.4) is 0 Å². The van der Waals surface area contributed by atoms with Crippen molar-refractivity contribution in [2.45, 2.75) is 32.2 Å². The predicted molar refractivity (Wildman–Crippen MR) is 135 cm³/mol. The summed E-state index contributed by atoms with van der Waals surface area (Å²) in [5.41, 5.74) is 4.23. The number of carbonyl (C=O) groups is 1. The highest BCUT2D eigenvalue weighted by atomic mass is 79.9. The van der Waals surface area contributed by atoms with E-state index in [1.165, 1.54) is 5.56 Å². The van der Waals surface area contributed by atoms with E-state index in [1.807, 2.05) is 59.5 Å². The van der Waals surface area contributed by atoms with E-state index in [9.17, 15) is 4.79 Å². The molecule has 4 aromatic rings. The average Bonchev–Trinajstić information content (AvgIpc) is 3.40. The van der Waals surface area contributed by atoms with Crippen molar-refractivity contribution in [2.75, 3.05) is 18.1 Å². The number of rotatable bonds is 7. The summed E-state index contributed by atoms with van der Waals surface area (Å²) in [6.07, 6.45) is 1.46. The zero-order valence-electron chi connectivity index (χ0n) is 18.6. The number of para-hydroxylation sites is 3. The quantitative estimate of drug-likeness (QED) is 0.312. The summed E-state index contributed by atoms with van der Waals surface area (Å²) >= 11 is 3.59. The highest BCUT2D eigenvalue weighted by molar-refractivity contribution is 9.10. The van der Waals surface area contributed by atoms with Crippen LogP contribution in [0.25, 0.3) is 11.0 Å². The van der Waals surface area contributed by atoms with Crippen molar-refractivity contribution >= 4 is 38.6 Å². The van der Waals surface area contributed by atoms with Crippen molar-refractivity contribution in [1.82, 2.24) is 9.55 Å². The smallest absolute Gasteiger partial charge is 0.227 e. The summed E-state index contributed by atoms with van der Waals surface area (Å²) in [4.78, 5) is 19.7. The Balaban J connectivity index is 1.38. The summed E-state index contributed by atoms with van der Waals surface area (Å²) in [6, 6.07) is 24.3. The molecule has 0 saturated carbocycles. The number of amides is 1. The number of hydrogen-bond donors (Lipinski definition) is 0. The molecule has 0 spiro atoms. The molecular weight excluding hydrogens is 478 g/mol. The van der Waals surface area contributed by atoms with Crippen LogP contribution < -0.4 is 9.64 Å². The molecule has 1 aliphatic heterocycles. The molecule has 0 aliphatic carbocycles. The molecule has 2 heterocycles. The third-order valence-electron chi connectivity index (χ3n) is 6.23. The van der Waals surface area contributed by atoms with Gasteiger partial charge in [-0.05, 0) is 64.3 Å². The first-order chi connectivity index (χ1) is 16.1. The minimum atomic E-state index is 0.0286. The van der Waals surface area contributed by atoms with Crippen LogP contribution >= 0.6 is 15.9 Å². The van der Waals surface area contributed by atoms with Gasteiger partial charge in [0.15, 0.2) is 0 Å². The summed E-state index contributed by atoms with van der Waals surface area (Å²) in [5, 5.41) is 0. The number of anilines is 1. The van der Waals surface area contributed by atoms with Crippen molar-refractivity contribution in [1.29, 1.82) is 0 Å². The molecule has 0 bridgehead atoms. The van der Waals surface area contributed by atoms with Gasteiger partial charge in [0, 0.05) is 23.4 Å². The Morgan fingerprint density at radius 3 is 2.58 bits per heavy atom. The van der Waals surface area contributed by atoms with Crippen molar-refractivity contribution < 1.29 is 9.53 Å². The predicted octanol–water partition coefficient (Wildman–Crippen LogP) is 5.96. The maximum atomic E-state index is 12.9. The van der Waals surface area contributed by atoms with Gasteiger partial charge in [-0.15, -0.1) is 0 Å². The molecule has 168 valence electrons. The molecule has 1 fully saturated rings. The number of benzene rings is 3. The fourth-order valence-electron chi connectivity index (χ4n) is 4.50. The highest BCUT2D eigenvalue weighted by Crippen LogP contribution is 2.36. The minimum Gasteiger partial charge on any atom is -0.492 e. The topological polar surface area (TPSA) is 47.4 Å². The largest absolute Gasteiger partial charge is 0.492 e. The molecule has 6 heteroatoms. The SMILES string of the molecule is CCc1ccc(OCCn2c(C3CC(=O)N(c4ccccc4Br)C3)nc3ccccc32)cc1. The summed E-state index contributed by atoms with van der Waals surface area (Å²) < 4.78 is 9.19. The normalized spacial score (nSPS) is 16.0. The fourth-order valence-corrected chi connectivity index (χ4v) is 5.00. The van der Waals surface area contributed by atoms with Crippen LogP contribution in [0.4, 0.5) is 5.69 Å². The van der Waals surface area contributed by atoms with Crippen LogP contribution in [0, 0.1) is 0 Å². The third-order valence-corrected chi connectivity index (χ3v) is 6.90. The van der Waals surface area contributed by atoms with Gasteiger partial charge in [0.05, 0.1) is 23.3 Å². The van der Waals surface area contributed by atoms with E-state index >= 15 is 0 Å². The number of nitrogens with zero attached hydrogens (tertiary/aromatic N) is 3. The number of halogens is 1. The van der Waals surface area contributed by atoms with Gasteiger partial charge in [-0.1, -0.05) is 43.3 Å². The van der Waals surface area contributed by atoms with Gasteiger partial charge in [-0.3, -0.25) is 4.79 Å². The van der Waals surface area contributed by atoms with E-state index in [1.54, 1.807) is 0 Å². The lowest BCUT2D eigenvalue weighted by atomic mass is 10.1. The maximum absolute atomic E-state index is 12.9. The molecule has 5 nitrogen and oxygen atoms in total. The Bertz CT molecular complexity index is 1280. The fraction of sp³-hybridized carbons (Fsp3) is 0.259.